The van der Waals surface area contributed by atoms with Crippen LogP contribution in [0.25, 0.3) is 0 Å². The molecule has 22 heavy (non-hydrogen) atoms. The maximum atomic E-state index is 12.0. The van der Waals surface area contributed by atoms with E-state index >= 15 is 0 Å². The van der Waals surface area contributed by atoms with Crippen molar-refractivity contribution in [2.45, 2.75) is 0 Å². The van der Waals surface area contributed by atoms with Crippen LogP contribution < -0.4 is 20.2 Å². The number of amides is 1. The summed E-state index contributed by atoms with van der Waals surface area (Å²) < 4.78 is 10.1. The molecule has 1 amide bonds. The van der Waals surface area contributed by atoms with Crippen molar-refractivity contribution in [3.05, 3.63) is 52.4 Å². The predicted molar refractivity (Wildman–Crippen MR) is 80.6 cm³/mol. The zero-order valence-corrected chi connectivity index (χ0v) is 12.0. The summed E-state index contributed by atoms with van der Waals surface area (Å²) in [5, 5.41) is 11.3. The second kappa shape index (κ2) is 7.28. The Morgan fingerprint density at radius 3 is 2.64 bits per heavy atom. The number of aromatic nitrogens is 1. The first kappa shape index (κ1) is 15.6. The molecule has 0 atom stereocenters. The third-order valence-electron chi connectivity index (χ3n) is 2.81. The number of benzene rings is 1. The first-order chi connectivity index (χ1) is 10.6. The predicted octanol–water partition coefficient (Wildman–Crippen LogP) is 1.01. The van der Waals surface area contributed by atoms with Crippen molar-refractivity contribution in [1.29, 1.82) is 0 Å². The lowest BCUT2D eigenvalue weighted by molar-refractivity contribution is 0.102. The Bertz CT molecular complexity index is 694. The molecule has 0 aliphatic heterocycles. The topological polar surface area (TPSA) is 101 Å². The summed E-state index contributed by atoms with van der Waals surface area (Å²) in [5.74, 6) is 0.288. The molecule has 7 nitrogen and oxygen atoms in total. The van der Waals surface area contributed by atoms with Crippen LogP contribution in [-0.4, -0.2) is 36.3 Å². The van der Waals surface area contributed by atoms with E-state index in [-0.39, 0.29) is 30.1 Å². The second-order valence-corrected chi connectivity index (χ2v) is 4.33. The van der Waals surface area contributed by atoms with Crippen molar-refractivity contribution in [3.8, 4) is 11.5 Å². The number of hydrogen-bond donors (Lipinski definition) is 3. The van der Waals surface area contributed by atoms with Crippen LogP contribution in [0, 0.1) is 0 Å². The molecule has 0 unspecified atom stereocenters. The largest absolute Gasteiger partial charge is 0.491 e. The standard InChI is InChI=1S/C15H16N2O5/c1-21-14-9-16-12(8-13(14)19)15(20)17-10-2-4-11(5-3-10)22-7-6-18/h2-5,8-9,18H,6-7H2,1H3,(H,16,19)(H,17,20). The Balaban J connectivity index is 2.05. The summed E-state index contributed by atoms with van der Waals surface area (Å²) in [7, 11) is 1.38. The van der Waals surface area contributed by atoms with Gasteiger partial charge in [0.15, 0.2) is 5.75 Å². The minimum atomic E-state index is -0.441. The van der Waals surface area contributed by atoms with Gasteiger partial charge in [-0.2, -0.15) is 0 Å². The fraction of sp³-hybridized carbons (Fsp3) is 0.200. The number of aliphatic hydroxyl groups excluding tert-OH is 1. The molecular formula is C15H16N2O5. The Kier molecular flexibility index (Phi) is 5.16. The molecule has 1 heterocycles. The summed E-state index contributed by atoms with van der Waals surface area (Å²) in [6, 6.07) is 7.83. The van der Waals surface area contributed by atoms with Crippen molar-refractivity contribution < 1.29 is 19.4 Å². The van der Waals surface area contributed by atoms with Gasteiger partial charge in [0, 0.05) is 18.0 Å². The monoisotopic (exact) mass is 304 g/mol. The van der Waals surface area contributed by atoms with Gasteiger partial charge >= 0.3 is 0 Å². The lowest BCUT2D eigenvalue weighted by Crippen LogP contribution is -2.17. The Morgan fingerprint density at radius 1 is 1.32 bits per heavy atom. The smallest absolute Gasteiger partial charge is 0.272 e. The third kappa shape index (κ3) is 3.86. The lowest BCUT2D eigenvalue weighted by atomic mass is 10.2. The quantitative estimate of drug-likeness (QED) is 0.739. The number of carbonyl (C=O) groups excluding carboxylic acids is 1. The number of aliphatic hydroxyl groups is 1. The maximum Gasteiger partial charge on any atom is 0.272 e. The molecule has 116 valence electrons. The Morgan fingerprint density at radius 2 is 2.05 bits per heavy atom. The minimum Gasteiger partial charge on any atom is -0.491 e. The number of H-pyrrole nitrogens is 1. The highest BCUT2D eigenvalue weighted by molar-refractivity contribution is 6.02. The molecule has 2 rings (SSSR count). The molecule has 0 saturated carbocycles. The van der Waals surface area contributed by atoms with Gasteiger partial charge in [0.2, 0.25) is 5.43 Å². The van der Waals surface area contributed by atoms with Crippen LogP contribution in [0.1, 0.15) is 10.5 Å². The molecule has 7 heteroatoms. The number of rotatable bonds is 6. The Hall–Kier alpha value is -2.80. The zero-order chi connectivity index (χ0) is 15.9. The molecule has 0 fully saturated rings. The number of nitrogens with one attached hydrogen (secondary N) is 2. The molecule has 1 aromatic carbocycles. The van der Waals surface area contributed by atoms with Crippen LogP contribution in [0.2, 0.25) is 0 Å². The number of methoxy groups -OCH3 is 1. The average molecular weight is 304 g/mol. The van der Waals surface area contributed by atoms with Crippen LogP contribution in [0.5, 0.6) is 11.5 Å². The molecular weight excluding hydrogens is 288 g/mol. The van der Waals surface area contributed by atoms with Gasteiger partial charge < -0.3 is 24.9 Å². The number of aromatic amines is 1. The molecule has 0 bridgehead atoms. The number of ether oxygens (including phenoxy) is 2. The second-order valence-electron chi connectivity index (χ2n) is 4.33. The highest BCUT2D eigenvalue weighted by atomic mass is 16.5. The number of carbonyl (C=O) groups is 1. The van der Waals surface area contributed by atoms with Gasteiger partial charge in [-0.3, -0.25) is 9.59 Å². The molecule has 1 aromatic heterocycles. The van der Waals surface area contributed by atoms with Crippen molar-refractivity contribution in [3.63, 3.8) is 0 Å². The average Bonchev–Trinajstić information content (AvgIpc) is 2.54. The highest BCUT2D eigenvalue weighted by Gasteiger charge is 2.09. The van der Waals surface area contributed by atoms with E-state index < -0.39 is 5.91 Å². The van der Waals surface area contributed by atoms with Gasteiger partial charge in [0.25, 0.3) is 5.91 Å². The molecule has 0 saturated heterocycles. The summed E-state index contributed by atoms with van der Waals surface area (Å²) in [6.45, 7) is 0.141. The normalized spacial score (nSPS) is 10.1. The molecule has 0 spiro atoms. The molecule has 0 radical (unpaired) electrons. The first-order valence-corrected chi connectivity index (χ1v) is 6.56. The third-order valence-corrected chi connectivity index (χ3v) is 2.81. The lowest BCUT2D eigenvalue weighted by Gasteiger charge is -2.08. The van der Waals surface area contributed by atoms with E-state index in [1.165, 1.54) is 19.4 Å². The number of anilines is 1. The van der Waals surface area contributed by atoms with Crippen LogP contribution in [0.4, 0.5) is 5.69 Å². The van der Waals surface area contributed by atoms with Crippen molar-refractivity contribution >= 4 is 11.6 Å². The van der Waals surface area contributed by atoms with Gasteiger partial charge in [0.1, 0.15) is 18.1 Å². The van der Waals surface area contributed by atoms with Gasteiger partial charge in [0.05, 0.1) is 13.7 Å². The van der Waals surface area contributed by atoms with E-state index in [1.54, 1.807) is 24.3 Å². The zero-order valence-electron chi connectivity index (χ0n) is 12.0. The van der Waals surface area contributed by atoms with Crippen LogP contribution >= 0.6 is 0 Å². The molecule has 0 aliphatic carbocycles. The minimum absolute atomic E-state index is 0.0662. The summed E-state index contributed by atoms with van der Waals surface area (Å²) in [6.07, 6.45) is 1.34. The van der Waals surface area contributed by atoms with Gasteiger partial charge in [-0.05, 0) is 24.3 Å². The van der Waals surface area contributed by atoms with Crippen molar-refractivity contribution in [2.75, 3.05) is 25.6 Å². The van der Waals surface area contributed by atoms with E-state index in [1.807, 2.05) is 0 Å². The molecule has 0 aliphatic rings. The molecule has 3 N–H and O–H groups in total. The number of pyridine rings is 1. The van der Waals surface area contributed by atoms with Gasteiger partial charge in [-0.1, -0.05) is 0 Å². The fourth-order valence-electron chi connectivity index (χ4n) is 1.75. The Labute approximate surface area is 126 Å². The summed E-state index contributed by atoms with van der Waals surface area (Å²) in [4.78, 5) is 26.3. The van der Waals surface area contributed by atoms with E-state index in [0.717, 1.165) is 0 Å². The van der Waals surface area contributed by atoms with Gasteiger partial charge in [-0.15, -0.1) is 0 Å². The summed E-state index contributed by atoms with van der Waals surface area (Å²) >= 11 is 0. The van der Waals surface area contributed by atoms with Crippen molar-refractivity contribution in [2.24, 2.45) is 0 Å². The van der Waals surface area contributed by atoms with Crippen molar-refractivity contribution in [1.82, 2.24) is 4.98 Å². The van der Waals surface area contributed by atoms with E-state index in [9.17, 15) is 9.59 Å². The SMILES string of the molecule is COc1c[nH]c(C(=O)Nc2ccc(OCCO)cc2)cc1=O. The van der Waals surface area contributed by atoms with Crippen LogP contribution in [-0.2, 0) is 0 Å². The first-order valence-electron chi connectivity index (χ1n) is 6.56. The van der Waals surface area contributed by atoms with Crippen LogP contribution in [0.15, 0.2) is 41.3 Å². The highest BCUT2D eigenvalue weighted by Crippen LogP contribution is 2.16. The van der Waals surface area contributed by atoms with Gasteiger partial charge in [-0.25, -0.2) is 0 Å². The fourth-order valence-corrected chi connectivity index (χ4v) is 1.75. The summed E-state index contributed by atoms with van der Waals surface area (Å²) in [5.41, 5.74) is 0.309. The molecule has 2 aromatic rings. The van der Waals surface area contributed by atoms with E-state index in [2.05, 4.69) is 10.3 Å². The van der Waals surface area contributed by atoms with Crippen LogP contribution in [0.3, 0.4) is 0 Å². The van der Waals surface area contributed by atoms with E-state index in [4.69, 9.17) is 14.6 Å². The maximum absolute atomic E-state index is 12.0. The number of hydrogen-bond acceptors (Lipinski definition) is 5. The van der Waals surface area contributed by atoms with E-state index in [0.29, 0.717) is 11.4 Å².